The topological polar surface area (TPSA) is 66.0 Å². The number of imidazole rings is 1. The molecule has 2 N–H and O–H groups in total. The standard InChI is InChI=1S/C11H10N2O2/c1-7-2-4-8(5-3-7)9-6-12-10(13-9)11(14)15/h2-6H,1H3,(H,12,13)(H,14,15). The summed E-state index contributed by atoms with van der Waals surface area (Å²) in [7, 11) is 0. The molecule has 0 atom stereocenters. The molecular formula is C11H10N2O2. The fourth-order valence-corrected chi connectivity index (χ4v) is 1.31. The molecule has 4 heteroatoms. The van der Waals surface area contributed by atoms with Crippen LogP contribution in [-0.4, -0.2) is 21.0 Å². The minimum absolute atomic E-state index is 0.0365. The Morgan fingerprint density at radius 3 is 2.53 bits per heavy atom. The van der Waals surface area contributed by atoms with E-state index in [4.69, 9.17) is 5.11 Å². The van der Waals surface area contributed by atoms with E-state index in [0.717, 1.165) is 11.1 Å². The number of carbonyl (C=O) groups is 1. The molecule has 0 aliphatic rings. The van der Waals surface area contributed by atoms with Crippen LogP contribution in [-0.2, 0) is 0 Å². The fraction of sp³-hybridized carbons (Fsp3) is 0.0909. The lowest BCUT2D eigenvalue weighted by Crippen LogP contribution is -1.98. The lowest BCUT2D eigenvalue weighted by molar-refractivity contribution is 0.0685. The smallest absolute Gasteiger partial charge is 0.371 e. The Labute approximate surface area is 86.6 Å². The van der Waals surface area contributed by atoms with Gasteiger partial charge in [-0.25, -0.2) is 9.78 Å². The van der Waals surface area contributed by atoms with Crippen molar-refractivity contribution in [1.29, 1.82) is 0 Å². The molecule has 0 spiro atoms. The van der Waals surface area contributed by atoms with Crippen molar-refractivity contribution in [1.82, 2.24) is 9.97 Å². The molecule has 0 unspecified atom stereocenters. The van der Waals surface area contributed by atoms with Gasteiger partial charge >= 0.3 is 5.97 Å². The van der Waals surface area contributed by atoms with Crippen molar-refractivity contribution >= 4 is 5.97 Å². The van der Waals surface area contributed by atoms with E-state index >= 15 is 0 Å². The van der Waals surface area contributed by atoms with E-state index < -0.39 is 5.97 Å². The van der Waals surface area contributed by atoms with E-state index in [9.17, 15) is 4.79 Å². The van der Waals surface area contributed by atoms with Gasteiger partial charge in [-0.2, -0.15) is 0 Å². The first-order valence-corrected chi connectivity index (χ1v) is 4.52. The van der Waals surface area contributed by atoms with E-state index in [1.54, 1.807) is 0 Å². The first kappa shape index (κ1) is 9.45. The molecule has 2 rings (SSSR count). The van der Waals surface area contributed by atoms with Crippen LogP contribution < -0.4 is 0 Å². The number of aromatic carboxylic acids is 1. The molecule has 0 aliphatic carbocycles. The molecule has 0 radical (unpaired) electrons. The minimum atomic E-state index is -1.05. The van der Waals surface area contributed by atoms with Crippen molar-refractivity contribution in [2.24, 2.45) is 0 Å². The molecule has 0 saturated heterocycles. The lowest BCUT2D eigenvalue weighted by atomic mass is 10.1. The summed E-state index contributed by atoms with van der Waals surface area (Å²) in [6.07, 6.45) is 1.52. The number of benzene rings is 1. The number of carboxylic acids is 1. The number of H-pyrrole nitrogens is 1. The van der Waals surface area contributed by atoms with E-state index in [1.807, 2.05) is 31.2 Å². The first-order chi connectivity index (χ1) is 7.16. The number of hydrogen-bond acceptors (Lipinski definition) is 2. The fourth-order valence-electron chi connectivity index (χ4n) is 1.31. The highest BCUT2D eigenvalue weighted by molar-refractivity contribution is 5.84. The van der Waals surface area contributed by atoms with Gasteiger partial charge in [0.05, 0.1) is 11.9 Å². The lowest BCUT2D eigenvalue weighted by Gasteiger charge is -1.97. The molecule has 0 bridgehead atoms. The maximum absolute atomic E-state index is 10.6. The Kier molecular flexibility index (Phi) is 2.25. The summed E-state index contributed by atoms with van der Waals surface area (Å²) in [6, 6.07) is 7.79. The van der Waals surface area contributed by atoms with Crippen molar-refractivity contribution in [3.8, 4) is 11.3 Å². The molecule has 1 heterocycles. The molecule has 1 aromatic heterocycles. The van der Waals surface area contributed by atoms with E-state index in [0.29, 0.717) is 5.69 Å². The third-order valence-corrected chi connectivity index (χ3v) is 2.14. The zero-order chi connectivity index (χ0) is 10.8. The normalized spacial score (nSPS) is 10.2. The third kappa shape index (κ3) is 1.88. The van der Waals surface area contributed by atoms with E-state index in [2.05, 4.69) is 9.97 Å². The quantitative estimate of drug-likeness (QED) is 0.783. The number of nitrogens with one attached hydrogen (secondary N) is 1. The average Bonchev–Trinajstić information content (AvgIpc) is 2.68. The Balaban J connectivity index is 2.37. The molecule has 1 aromatic carbocycles. The van der Waals surface area contributed by atoms with Gasteiger partial charge in [-0.05, 0) is 12.5 Å². The number of aryl methyl sites for hydroxylation is 1. The molecule has 0 aliphatic heterocycles. The Bertz CT molecular complexity index is 486. The maximum atomic E-state index is 10.6. The summed E-state index contributed by atoms with van der Waals surface area (Å²) in [5, 5.41) is 8.70. The average molecular weight is 202 g/mol. The summed E-state index contributed by atoms with van der Waals surface area (Å²) in [4.78, 5) is 17.1. The van der Waals surface area contributed by atoms with Crippen LogP contribution in [0.2, 0.25) is 0 Å². The maximum Gasteiger partial charge on any atom is 0.371 e. The van der Waals surface area contributed by atoms with Gasteiger partial charge in [0, 0.05) is 0 Å². The van der Waals surface area contributed by atoms with Crippen LogP contribution in [0.15, 0.2) is 30.5 Å². The third-order valence-electron chi connectivity index (χ3n) is 2.14. The van der Waals surface area contributed by atoms with Crippen LogP contribution in [0.3, 0.4) is 0 Å². The minimum Gasteiger partial charge on any atom is -0.475 e. The second-order valence-electron chi connectivity index (χ2n) is 3.32. The van der Waals surface area contributed by atoms with Crippen LogP contribution in [0.4, 0.5) is 0 Å². The summed E-state index contributed by atoms with van der Waals surface area (Å²) >= 11 is 0. The van der Waals surface area contributed by atoms with E-state index in [-0.39, 0.29) is 5.82 Å². The number of hydrogen-bond donors (Lipinski definition) is 2. The number of aromatic amines is 1. The van der Waals surface area contributed by atoms with Crippen molar-refractivity contribution in [3.05, 3.63) is 41.9 Å². The summed E-state index contributed by atoms with van der Waals surface area (Å²) in [6.45, 7) is 2.00. The van der Waals surface area contributed by atoms with Gasteiger partial charge in [-0.15, -0.1) is 0 Å². The number of carboxylic acid groups (broad SMARTS) is 1. The molecule has 0 amide bonds. The van der Waals surface area contributed by atoms with Gasteiger partial charge in [-0.1, -0.05) is 29.8 Å². The Hall–Kier alpha value is -2.10. The summed E-state index contributed by atoms with van der Waals surface area (Å²) < 4.78 is 0. The summed E-state index contributed by atoms with van der Waals surface area (Å²) in [5.74, 6) is -1.08. The highest BCUT2D eigenvalue weighted by Crippen LogP contribution is 2.17. The Morgan fingerprint density at radius 1 is 1.33 bits per heavy atom. The zero-order valence-electron chi connectivity index (χ0n) is 8.19. The van der Waals surface area contributed by atoms with Crippen LogP contribution in [0.25, 0.3) is 11.3 Å². The predicted molar refractivity (Wildman–Crippen MR) is 55.7 cm³/mol. The molecule has 4 nitrogen and oxygen atoms in total. The van der Waals surface area contributed by atoms with E-state index in [1.165, 1.54) is 6.20 Å². The number of aromatic nitrogens is 2. The highest BCUT2D eigenvalue weighted by Gasteiger charge is 2.08. The zero-order valence-corrected chi connectivity index (χ0v) is 8.19. The molecule has 0 fully saturated rings. The monoisotopic (exact) mass is 202 g/mol. The predicted octanol–water partition coefficient (Wildman–Crippen LogP) is 2.08. The second kappa shape index (κ2) is 3.57. The van der Waals surface area contributed by atoms with Crippen molar-refractivity contribution in [3.63, 3.8) is 0 Å². The first-order valence-electron chi connectivity index (χ1n) is 4.52. The molecule has 0 saturated carbocycles. The van der Waals surface area contributed by atoms with Crippen LogP contribution in [0, 0.1) is 6.92 Å². The SMILES string of the molecule is Cc1ccc(-c2cnc(C(=O)O)[nH]2)cc1. The van der Waals surface area contributed by atoms with Gasteiger partial charge in [-0.3, -0.25) is 0 Å². The van der Waals surface area contributed by atoms with Gasteiger partial charge in [0.25, 0.3) is 0 Å². The van der Waals surface area contributed by atoms with Crippen molar-refractivity contribution < 1.29 is 9.90 Å². The highest BCUT2D eigenvalue weighted by atomic mass is 16.4. The van der Waals surface area contributed by atoms with Crippen molar-refractivity contribution in [2.75, 3.05) is 0 Å². The number of nitrogens with zero attached hydrogens (tertiary/aromatic N) is 1. The van der Waals surface area contributed by atoms with Gasteiger partial charge in [0.2, 0.25) is 5.82 Å². The van der Waals surface area contributed by atoms with Crippen LogP contribution in [0.1, 0.15) is 16.2 Å². The Morgan fingerprint density at radius 2 is 2.00 bits per heavy atom. The van der Waals surface area contributed by atoms with Crippen LogP contribution in [0.5, 0.6) is 0 Å². The summed E-state index contributed by atoms with van der Waals surface area (Å²) in [5.41, 5.74) is 2.81. The van der Waals surface area contributed by atoms with Gasteiger partial charge < -0.3 is 10.1 Å². The largest absolute Gasteiger partial charge is 0.475 e. The molecule has 2 aromatic rings. The van der Waals surface area contributed by atoms with Gasteiger partial charge in [0.1, 0.15) is 0 Å². The van der Waals surface area contributed by atoms with Crippen molar-refractivity contribution in [2.45, 2.75) is 6.92 Å². The molecule has 15 heavy (non-hydrogen) atoms. The van der Waals surface area contributed by atoms with Gasteiger partial charge in [0.15, 0.2) is 0 Å². The number of rotatable bonds is 2. The molecule has 76 valence electrons. The van der Waals surface area contributed by atoms with Crippen LogP contribution >= 0.6 is 0 Å². The molecular weight excluding hydrogens is 192 g/mol. The second-order valence-corrected chi connectivity index (χ2v) is 3.32.